The zero-order valence-electron chi connectivity index (χ0n) is 12.4. The number of alkyl halides is 3. The molecule has 4 nitrogen and oxygen atoms in total. The van der Waals surface area contributed by atoms with Crippen LogP contribution in [-0.4, -0.2) is 56.4 Å². The van der Waals surface area contributed by atoms with E-state index in [1.165, 1.54) is 0 Å². The van der Waals surface area contributed by atoms with Crippen LogP contribution in [0.25, 0.3) is 0 Å². The summed E-state index contributed by atoms with van der Waals surface area (Å²) in [4.78, 5) is 13.3. The van der Waals surface area contributed by atoms with Crippen molar-refractivity contribution in [1.29, 1.82) is 0 Å². The molecule has 0 heterocycles. The Kier molecular flexibility index (Phi) is 9.58. The number of esters is 1. The molecule has 0 fully saturated rings. The van der Waals surface area contributed by atoms with E-state index in [4.69, 9.17) is 4.74 Å². The van der Waals surface area contributed by atoms with Crippen LogP contribution in [0.15, 0.2) is 0 Å². The highest BCUT2D eigenvalue weighted by Crippen LogP contribution is 2.19. The first-order chi connectivity index (χ1) is 9.30. The number of carbonyl (C=O) groups is 1. The smallest absolute Gasteiger partial charge is 0.390 e. The monoisotopic (exact) mass is 298 g/mol. The number of ether oxygens (including phenoxy) is 1. The first-order valence-corrected chi connectivity index (χ1v) is 6.95. The Balaban J connectivity index is 4.13. The number of rotatable bonds is 10. The topological polar surface area (TPSA) is 41.6 Å². The first kappa shape index (κ1) is 19.2. The summed E-state index contributed by atoms with van der Waals surface area (Å²) in [6.07, 6.45) is -3.67. The summed E-state index contributed by atoms with van der Waals surface area (Å²) in [5, 5.41) is 3.06. The molecule has 0 rings (SSSR count). The third-order valence-corrected chi connectivity index (χ3v) is 2.79. The fraction of sp³-hybridized carbons (Fsp3) is 0.923. The van der Waals surface area contributed by atoms with Crippen molar-refractivity contribution < 1.29 is 22.7 Å². The first-order valence-electron chi connectivity index (χ1n) is 6.95. The van der Waals surface area contributed by atoms with Crippen molar-refractivity contribution in [3.8, 4) is 0 Å². The van der Waals surface area contributed by atoms with Crippen molar-refractivity contribution >= 4 is 5.97 Å². The lowest BCUT2D eigenvalue weighted by Gasteiger charge is -2.22. The van der Waals surface area contributed by atoms with Crippen LogP contribution in [0.4, 0.5) is 13.2 Å². The fourth-order valence-corrected chi connectivity index (χ4v) is 1.64. The summed E-state index contributed by atoms with van der Waals surface area (Å²) in [6, 6.07) is -0.455. The molecular weight excluding hydrogens is 273 g/mol. The molecule has 0 aromatic carbocycles. The van der Waals surface area contributed by atoms with Crippen LogP contribution >= 0.6 is 0 Å². The second-order valence-corrected chi connectivity index (χ2v) is 4.72. The van der Waals surface area contributed by atoms with Gasteiger partial charge in [-0.25, -0.2) is 0 Å². The maximum atomic E-state index is 12.1. The average Bonchev–Trinajstić information content (AvgIpc) is 2.35. The summed E-state index contributed by atoms with van der Waals surface area (Å²) in [5.74, 6) is -0.342. The third-order valence-electron chi connectivity index (χ3n) is 2.79. The predicted octanol–water partition coefficient (Wildman–Crippen LogP) is 2.19. The van der Waals surface area contributed by atoms with Crippen LogP contribution in [-0.2, 0) is 9.53 Å². The maximum absolute atomic E-state index is 12.1. The number of hydrogen-bond donors (Lipinski definition) is 1. The van der Waals surface area contributed by atoms with E-state index in [0.717, 1.165) is 6.42 Å². The summed E-state index contributed by atoms with van der Waals surface area (Å²) in [6.45, 7) is 5.03. The normalized spacial score (nSPS) is 13.6. The number of hydrogen-bond acceptors (Lipinski definition) is 4. The largest absolute Gasteiger partial charge is 0.465 e. The van der Waals surface area contributed by atoms with Gasteiger partial charge in [0.05, 0.1) is 13.0 Å². The number of nitrogens with one attached hydrogen (secondary N) is 1. The zero-order valence-corrected chi connectivity index (χ0v) is 12.4. The molecule has 0 spiro atoms. The average molecular weight is 298 g/mol. The van der Waals surface area contributed by atoms with E-state index in [2.05, 4.69) is 5.32 Å². The van der Waals surface area contributed by atoms with Crippen molar-refractivity contribution in [2.75, 3.05) is 33.3 Å². The van der Waals surface area contributed by atoms with Crippen molar-refractivity contribution in [1.82, 2.24) is 10.2 Å². The number of nitrogens with zero attached hydrogens (tertiary/aromatic N) is 1. The van der Waals surface area contributed by atoms with E-state index in [9.17, 15) is 18.0 Å². The Morgan fingerprint density at radius 2 is 1.95 bits per heavy atom. The second-order valence-electron chi connectivity index (χ2n) is 4.72. The molecule has 0 aromatic heterocycles. The lowest BCUT2D eigenvalue weighted by atomic mass is 10.2. The maximum Gasteiger partial charge on any atom is 0.390 e. The van der Waals surface area contributed by atoms with Crippen LogP contribution in [0.1, 0.15) is 33.1 Å². The molecule has 0 aliphatic rings. The Morgan fingerprint density at radius 3 is 2.45 bits per heavy atom. The predicted molar refractivity (Wildman–Crippen MR) is 71.5 cm³/mol. The molecule has 0 aliphatic carbocycles. The molecule has 0 saturated carbocycles. The van der Waals surface area contributed by atoms with E-state index < -0.39 is 18.6 Å². The molecule has 0 bridgehead atoms. The molecule has 0 aromatic rings. The molecule has 120 valence electrons. The Labute approximate surface area is 118 Å². The highest BCUT2D eigenvalue weighted by molar-refractivity contribution is 5.75. The Bertz CT molecular complexity index is 273. The Morgan fingerprint density at radius 1 is 1.30 bits per heavy atom. The molecule has 0 saturated heterocycles. The van der Waals surface area contributed by atoms with Gasteiger partial charge in [0.2, 0.25) is 0 Å². The quantitative estimate of drug-likeness (QED) is 0.628. The number of halogens is 3. The molecule has 1 N–H and O–H groups in total. The second kappa shape index (κ2) is 9.99. The molecule has 0 aliphatic heterocycles. The van der Waals surface area contributed by atoms with E-state index in [0.29, 0.717) is 26.1 Å². The van der Waals surface area contributed by atoms with Crippen molar-refractivity contribution in [2.24, 2.45) is 0 Å². The van der Waals surface area contributed by atoms with E-state index in [-0.39, 0.29) is 12.5 Å². The van der Waals surface area contributed by atoms with Crippen molar-refractivity contribution in [3.05, 3.63) is 0 Å². The van der Waals surface area contributed by atoms with Gasteiger partial charge in [0.15, 0.2) is 0 Å². The summed E-state index contributed by atoms with van der Waals surface area (Å²) in [5.41, 5.74) is 0. The minimum atomic E-state index is -4.14. The lowest BCUT2D eigenvalue weighted by Crippen LogP contribution is -2.41. The van der Waals surface area contributed by atoms with Crippen LogP contribution in [0, 0.1) is 0 Å². The molecule has 0 radical (unpaired) electrons. The van der Waals surface area contributed by atoms with Gasteiger partial charge in [-0.15, -0.1) is 0 Å². The molecule has 1 unspecified atom stereocenters. The van der Waals surface area contributed by atoms with Crippen LogP contribution < -0.4 is 5.32 Å². The van der Waals surface area contributed by atoms with Gasteiger partial charge in [0.25, 0.3) is 0 Å². The highest BCUT2D eigenvalue weighted by atomic mass is 19.4. The summed E-state index contributed by atoms with van der Waals surface area (Å²) in [7, 11) is 1.62. The SMILES string of the molecule is CCCNC(CCN(C)CCC(F)(F)F)C(=O)OCC. The highest BCUT2D eigenvalue weighted by Gasteiger charge is 2.27. The molecule has 1 atom stereocenters. The van der Waals surface area contributed by atoms with Crippen LogP contribution in [0.5, 0.6) is 0 Å². The van der Waals surface area contributed by atoms with Gasteiger partial charge >= 0.3 is 12.1 Å². The van der Waals surface area contributed by atoms with E-state index in [1.807, 2.05) is 6.92 Å². The minimum Gasteiger partial charge on any atom is -0.465 e. The van der Waals surface area contributed by atoms with Crippen molar-refractivity contribution in [3.63, 3.8) is 0 Å². The summed E-state index contributed by atoms with van der Waals surface area (Å²) >= 11 is 0. The van der Waals surface area contributed by atoms with Gasteiger partial charge in [-0.2, -0.15) is 13.2 Å². The summed E-state index contributed by atoms with van der Waals surface area (Å²) < 4.78 is 41.2. The van der Waals surface area contributed by atoms with Gasteiger partial charge in [0.1, 0.15) is 6.04 Å². The third kappa shape index (κ3) is 10.0. The molecule has 20 heavy (non-hydrogen) atoms. The van der Waals surface area contributed by atoms with Gasteiger partial charge < -0.3 is 15.0 Å². The van der Waals surface area contributed by atoms with E-state index in [1.54, 1.807) is 18.9 Å². The van der Waals surface area contributed by atoms with Crippen LogP contribution in [0.3, 0.4) is 0 Å². The molecule has 0 amide bonds. The van der Waals surface area contributed by atoms with Gasteiger partial charge in [-0.1, -0.05) is 6.92 Å². The zero-order chi connectivity index (χ0) is 15.6. The standard InChI is InChI=1S/C13H25F3N2O2/c1-4-8-17-11(12(19)20-5-2)6-9-18(3)10-7-13(14,15)16/h11,17H,4-10H2,1-3H3. The lowest BCUT2D eigenvalue weighted by molar-refractivity contribution is -0.146. The fourth-order valence-electron chi connectivity index (χ4n) is 1.64. The molecular formula is C13H25F3N2O2. The van der Waals surface area contributed by atoms with Gasteiger partial charge in [-0.3, -0.25) is 4.79 Å². The van der Waals surface area contributed by atoms with Crippen LogP contribution in [0.2, 0.25) is 0 Å². The van der Waals surface area contributed by atoms with E-state index >= 15 is 0 Å². The van der Waals surface area contributed by atoms with Gasteiger partial charge in [0, 0.05) is 6.54 Å². The molecule has 7 heteroatoms. The van der Waals surface area contributed by atoms with Crippen molar-refractivity contribution in [2.45, 2.75) is 45.3 Å². The van der Waals surface area contributed by atoms with Gasteiger partial charge in [-0.05, 0) is 39.9 Å². The number of carbonyl (C=O) groups excluding carboxylic acids is 1. The Hall–Kier alpha value is -0.820. The minimum absolute atomic E-state index is 0.0627.